The average Bonchev–Trinajstić information content (AvgIpc) is 3.22. The highest BCUT2D eigenvalue weighted by atomic mass is 35.5. The lowest BCUT2D eigenvalue weighted by Crippen LogP contribution is -2.35. The second-order valence-electron chi connectivity index (χ2n) is 6.92. The van der Waals surface area contributed by atoms with Gasteiger partial charge >= 0.3 is 5.97 Å². The summed E-state index contributed by atoms with van der Waals surface area (Å²) >= 11 is 7.30. The molecule has 0 N–H and O–H groups in total. The lowest BCUT2D eigenvalue weighted by Gasteiger charge is -2.22. The number of thiazole rings is 1. The van der Waals surface area contributed by atoms with Crippen LogP contribution in [-0.4, -0.2) is 30.0 Å². The van der Waals surface area contributed by atoms with Crippen LogP contribution < -0.4 is 4.90 Å². The van der Waals surface area contributed by atoms with Gasteiger partial charge in [0, 0.05) is 28.2 Å². The van der Waals surface area contributed by atoms with Gasteiger partial charge in [0.05, 0.1) is 12.5 Å². The molecular weight excluding hydrogens is 434 g/mol. The van der Waals surface area contributed by atoms with Gasteiger partial charge in [-0.3, -0.25) is 4.79 Å². The number of aromatic nitrogens is 1. The van der Waals surface area contributed by atoms with Crippen LogP contribution in [0.3, 0.4) is 0 Å². The molecule has 31 heavy (non-hydrogen) atoms. The molecule has 0 spiro atoms. The largest absolute Gasteiger partial charge is 0.451 e. The van der Waals surface area contributed by atoms with Gasteiger partial charge in [0.25, 0.3) is 5.91 Å². The van der Waals surface area contributed by atoms with Crippen LogP contribution in [0.15, 0.2) is 47.8 Å². The second kappa shape index (κ2) is 10.2. The molecule has 0 saturated carbocycles. The highest BCUT2D eigenvalue weighted by Gasteiger charge is 2.20. The normalized spacial score (nSPS) is 10.4. The van der Waals surface area contributed by atoms with Crippen molar-refractivity contribution in [3.05, 3.63) is 69.7 Å². The minimum Gasteiger partial charge on any atom is -0.451 e. The maximum Gasteiger partial charge on any atom is 0.358 e. The number of amides is 1. The molecule has 0 atom stereocenters. The molecule has 1 amide bonds. The number of carbonyl (C=O) groups is 2. The molecule has 0 aliphatic rings. The number of aryl methyl sites for hydroxylation is 2. The Kier molecular flexibility index (Phi) is 7.40. The lowest BCUT2D eigenvalue weighted by atomic mass is 10.1. The van der Waals surface area contributed by atoms with Crippen molar-refractivity contribution in [3.63, 3.8) is 0 Å². The minimum absolute atomic E-state index is 0.128. The van der Waals surface area contributed by atoms with Crippen LogP contribution in [0.25, 0.3) is 10.6 Å². The van der Waals surface area contributed by atoms with Crippen molar-refractivity contribution < 1.29 is 14.3 Å². The molecule has 0 fully saturated rings. The molecule has 0 radical (unpaired) electrons. The first kappa shape index (κ1) is 22.5. The van der Waals surface area contributed by atoms with Gasteiger partial charge in [-0.2, -0.15) is 5.26 Å². The zero-order valence-corrected chi connectivity index (χ0v) is 18.7. The third kappa shape index (κ3) is 5.91. The molecule has 0 bridgehead atoms. The van der Waals surface area contributed by atoms with E-state index in [9.17, 15) is 9.59 Å². The van der Waals surface area contributed by atoms with Crippen molar-refractivity contribution in [2.24, 2.45) is 0 Å². The molecule has 158 valence electrons. The SMILES string of the molecule is Cc1cc(C)cc(N(CCC#N)C(=O)COC(=O)c2csc(-c3cccc(Cl)c3)n2)c1. The van der Waals surface area contributed by atoms with Crippen molar-refractivity contribution in [2.75, 3.05) is 18.1 Å². The van der Waals surface area contributed by atoms with Crippen LogP contribution in [0.5, 0.6) is 0 Å². The summed E-state index contributed by atoms with van der Waals surface area (Å²) in [5.74, 6) is -1.09. The fourth-order valence-corrected chi connectivity index (χ4v) is 4.04. The highest BCUT2D eigenvalue weighted by Crippen LogP contribution is 2.26. The number of hydrogen-bond donors (Lipinski definition) is 0. The quantitative estimate of drug-likeness (QED) is 0.460. The number of carbonyl (C=O) groups excluding carboxylic acids is 2. The van der Waals surface area contributed by atoms with Gasteiger partial charge in [-0.15, -0.1) is 11.3 Å². The predicted molar refractivity (Wildman–Crippen MR) is 121 cm³/mol. The van der Waals surface area contributed by atoms with E-state index in [0.29, 0.717) is 15.7 Å². The molecule has 3 rings (SSSR count). The van der Waals surface area contributed by atoms with E-state index in [1.807, 2.05) is 44.2 Å². The van der Waals surface area contributed by atoms with Gasteiger partial charge in [-0.25, -0.2) is 9.78 Å². The van der Waals surface area contributed by atoms with Crippen molar-refractivity contribution >= 4 is 40.5 Å². The van der Waals surface area contributed by atoms with Crippen LogP contribution in [0.1, 0.15) is 28.0 Å². The number of esters is 1. The summed E-state index contributed by atoms with van der Waals surface area (Å²) < 4.78 is 5.21. The van der Waals surface area contributed by atoms with Crippen molar-refractivity contribution in [1.82, 2.24) is 4.98 Å². The number of nitrogens with zero attached hydrogens (tertiary/aromatic N) is 3. The third-order valence-electron chi connectivity index (χ3n) is 4.38. The van der Waals surface area contributed by atoms with E-state index in [-0.39, 0.29) is 18.7 Å². The number of halogens is 1. The minimum atomic E-state index is -0.682. The molecule has 6 nitrogen and oxygen atoms in total. The molecule has 0 aliphatic heterocycles. The average molecular weight is 454 g/mol. The van der Waals surface area contributed by atoms with E-state index < -0.39 is 18.5 Å². The Morgan fingerprint density at radius 1 is 1.19 bits per heavy atom. The zero-order valence-electron chi connectivity index (χ0n) is 17.1. The monoisotopic (exact) mass is 453 g/mol. The topological polar surface area (TPSA) is 83.3 Å². The van der Waals surface area contributed by atoms with Crippen LogP contribution in [0, 0.1) is 25.2 Å². The first-order chi connectivity index (χ1) is 14.9. The maximum atomic E-state index is 12.8. The number of nitriles is 1. The van der Waals surface area contributed by atoms with Crippen molar-refractivity contribution in [3.8, 4) is 16.6 Å². The second-order valence-corrected chi connectivity index (χ2v) is 8.22. The highest BCUT2D eigenvalue weighted by molar-refractivity contribution is 7.13. The van der Waals surface area contributed by atoms with Crippen LogP contribution >= 0.6 is 22.9 Å². The van der Waals surface area contributed by atoms with Gasteiger partial charge in [0.15, 0.2) is 12.3 Å². The number of ether oxygens (including phenoxy) is 1. The van der Waals surface area contributed by atoms with Crippen molar-refractivity contribution in [1.29, 1.82) is 5.26 Å². The van der Waals surface area contributed by atoms with Gasteiger partial charge in [0.2, 0.25) is 0 Å². The predicted octanol–water partition coefficient (Wildman–Crippen LogP) is 5.18. The molecule has 0 saturated heterocycles. The summed E-state index contributed by atoms with van der Waals surface area (Å²) in [6.07, 6.45) is 0.168. The summed E-state index contributed by atoms with van der Waals surface area (Å²) in [5, 5.41) is 11.7. The third-order valence-corrected chi connectivity index (χ3v) is 5.50. The fourth-order valence-electron chi connectivity index (χ4n) is 3.07. The first-order valence-electron chi connectivity index (χ1n) is 9.51. The Morgan fingerprint density at radius 2 is 1.94 bits per heavy atom. The first-order valence-corrected chi connectivity index (χ1v) is 10.8. The number of benzene rings is 2. The maximum absolute atomic E-state index is 12.8. The molecule has 0 aliphatic carbocycles. The molecule has 2 aromatic carbocycles. The molecule has 3 aromatic rings. The van der Waals surface area contributed by atoms with Crippen LogP contribution in [0.2, 0.25) is 5.02 Å². The van der Waals surface area contributed by atoms with Gasteiger partial charge in [-0.05, 0) is 49.2 Å². The molecule has 1 aromatic heterocycles. The Bertz CT molecular complexity index is 1130. The summed E-state index contributed by atoms with van der Waals surface area (Å²) in [6.45, 7) is 3.64. The van der Waals surface area contributed by atoms with E-state index >= 15 is 0 Å². The fraction of sp³-hybridized carbons (Fsp3) is 0.217. The molecule has 8 heteroatoms. The van der Waals surface area contributed by atoms with E-state index in [1.54, 1.807) is 23.6 Å². The number of rotatable bonds is 7. The Morgan fingerprint density at radius 3 is 2.61 bits per heavy atom. The smallest absolute Gasteiger partial charge is 0.358 e. The standard InChI is InChI=1S/C23H20ClN3O3S/c1-15-9-16(2)11-19(10-15)27(8-4-7-25)21(28)13-30-23(29)20-14-31-22(26-20)17-5-3-6-18(24)12-17/h3,5-6,9-12,14H,4,8,13H2,1-2H3. The Hall–Kier alpha value is -3.21. The van der Waals surface area contributed by atoms with E-state index in [1.165, 1.54) is 16.2 Å². The molecule has 1 heterocycles. The Balaban J connectivity index is 1.69. The van der Waals surface area contributed by atoms with Crippen LogP contribution in [0.4, 0.5) is 5.69 Å². The van der Waals surface area contributed by atoms with Gasteiger partial charge in [0.1, 0.15) is 5.01 Å². The Labute approximate surface area is 189 Å². The van der Waals surface area contributed by atoms with E-state index in [2.05, 4.69) is 4.98 Å². The zero-order chi connectivity index (χ0) is 22.4. The summed E-state index contributed by atoms with van der Waals surface area (Å²) in [5.41, 5.74) is 3.59. The van der Waals surface area contributed by atoms with E-state index in [0.717, 1.165) is 16.7 Å². The van der Waals surface area contributed by atoms with Gasteiger partial charge < -0.3 is 9.64 Å². The van der Waals surface area contributed by atoms with Crippen molar-refractivity contribution in [2.45, 2.75) is 20.3 Å². The molecular formula is C23H20ClN3O3S. The summed E-state index contributed by atoms with van der Waals surface area (Å²) in [7, 11) is 0. The summed E-state index contributed by atoms with van der Waals surface area (Å²) in [4.78, 5) is 31.0. The van der Waals surface area contributed by atoms with Gasteiger partial charge in [-0.1, -0.05) is 29.8 Å². The number of anilines is 1. The summed E-state index contributed by atoms with van der Waals surface area (Å²) in [6, 6.07) is 14.9. The number of hydrogen-bond acceptors (Lipinski definition) is 6. The lowest BCUT2D eigenvalue weighted by molar-refractivity contribution is -0.121. The van der Waals surface area contributed by atoms with E-state index in [4.69, 9.17) is 21.6 Å². The molecule has 0 unspecified atom stereocenters. The van der Waals surface area contributed by atoms with Crippen LogP contribution in [-0.2, 0) is 9.53 Å².